The van der Waals surface area contributed by atoms with Crippen LogP contribution in [0.5, 0.6) is 0 Å². The van der Waals surface area contributed by atoms with Crippen LogP contribution >= 0.6 is 11.8 Å². The second kappa shape index (κ2) is 17.6. The lowest BCUT2D eigenvalue weighted by atomic mass is 9.93. The van der Waals surface area contributed by atoms with Crippen LogP contribution in [0.3, 0.4) is 0 Å². The Labute approximate surface area is 272 Å². The van der Waals surface area contributed by atoms with Gasteiger partial charge in [-0.25, -0.2) is 19.6 Å². The summed E-state index contributed by atoms with van der Waals surface area (Å²) in [5, 5.41) is 27.0. The lowest BCUT2D eigenvalue weighted by Crippen LogP contribution is -2.45. The van der Waals surface area contributed by atoms with Crippen LogP contribution in [-0.2, 0) is 25.7 Å². The van der Waals surface area contributed by atoms with Gasteiger partial charge in [0.25, 0.3) is 11.5 Å². The summed E-state index contributed by atoms with van der Waals surface area (Å²) in [5.74, 6) is -4.94. The highest BCUT2D eigenvalue weighted by atomic mass is 32.2. The van der Waals surface area contributed by atoms with Crippen molar-refractivity contribution in [1.82, 2.24) is 30.6 Å². The third kappa shape index (κ3) is 11.0. The fraction of sp³-hybridized carbons (Fsp3) is 0.414. The Bertz CT molecular complexity index is 1650. The first kappa shape index (κ1) is 36.4. The SMILES string of the molecule is CSC[C@H](NC(=O)C(CCCN)CC(=O)CC[C@H](NC(=O)c1ccc(NCc2cnc3nc(N)[nH]c(=O)c3n2)cc1)C(=O)O)C(=O)O. The predicted octanol–water partition coefficient (Wildman–Crippen LogP) is 0.117. The molecule has 0 aliphatic rings. The molecule has 0 aliphatic carbocycles. The first-order valence-electron chi connectivity index (χ1n) is 14.5. The summed E-state index contributed by atoms with van der Waals surface area (Å²) in [6.07, 6.45) is 3.16. The summed E-state index contributed by atoms with van der Waals surface area (Å²) < 4.78 is 0. The van der Waals surface area contributed by atoms with Crippen molar-refractivity contribution in [2.75, 3.05) is 29.6 Å². The molecule has 0 fully saturated rings. The second-order valence-corrected chi connectivity index (χ2v) is 11.5. The lowest BCUT2D eigenvalue weighted by Gasteiger charge is -2.20. The smallest absolute Gasteiger partial charge is 0.327 e. The maximum absolute atomic E-state index is 12.8. The number of carboxylic acid groups (broad SMARTS) is 2. The number of nitrogen functional groups attached to an aromatic ring is 1. The number of rotatable bonds is 19. The number of ketones is 1. The van der Waals surface area contributed by atoms with Crippen LogP contribution in [0.25, 0.3) is 11.2 Å². The van der Waals surface area contributed by atoms with Gasteiger partial charge in [0.05, 0.1) is 18.4 Å². The third-order valence-corrected chi connectivity index (χ3v) is 7.64. The van der Waals surface area contributed by atoms with Gasteiger partial charge in [0.15, 0.2) is 11.2 Å². The average Bonchev–Trinajstić information content (AvgIpc) is 3.03. The van der Waals surface area contributed by atoms with Crippen molar-refractivity contribution in [2.45, 2.75) is 50.7 Å². The van der Waals surface area contributed by atoms with Gasteiger partial charge in [0, 0.05) is 35.8 Å². The molecule has 2 heterocycles. The normalized spacial score (nSPS) is 12.9. The summed E-state index contributed by atoms with van der Waals surface area (Å²) in [4.78, 5) is 88.3. The molecule has 0 spiro atoms. The predicted molar refractivity (Wildman–Crippen MR) is 174 cm³/mol. The van der Waals surface area contributed by atoms with Crippen LogP contribution in [0, 0.1) is 5.92 Å². The van der Waals surface area contributed by atoms with E-state index in [1.54, 1.807) is 18.4 Å². The Morgan fingerprint density at radius 3 is 2.34 bits per heavy atom. The van der Waals surface area contributed by atoms with Crippen LogP contribution in [0.15, 0.2) is 35.3 Å². The highest BCUT2D eigenvalue weighted by molar-refractivity contribution is 7.98. The molecule has 1 unspecified atom stereocenters. The largest absolute Gasteiger partial charge is 0.480 e. The van der Waals surface area contributed by atoms with Gasteiger partial charge in [-0.2, -0.15) is 16.7 Å². The standard InChI is InChI=1S/C29H37N9O8S/c1-47-14-21(28(45)46)36-25(41)16(3-2-10-30)11-19(39)8-9-20(27(43)44)35-24(40)15-4-6-17(7-5-15)32-12-18-13-33-23-22(34-18)26(42)38-29(31)37-23/h4-7,13,16,20-21,32H,2-3,8-12,14,30H2,1H3,(H,35,40)(H,36,41)(H,43,44)(H,45,46)(H3,31,33,37,38,42)/t16?,20-,21-/m0/s1. The molecule has 0 radical (unpaired) electrons. The molecule has 3 atom stereocenters. The molecule has 3 rings (SSSR count). The summed E-state index contributed by atoms with van der Waals surface area (Å²) in [6, 6.07) is 3.66. The number of carbonyl (C=O) groups is 5. The molecule has 2 amide bonds. The Morgan fingerprint density at radius 2 is 1.70 bits per heavy atom. The van der Waals surface area contributed by atoms with Crippen LogP contribution in [0.4, 0.5) is 11.6 Å². The lowest BCUT2D eigenvalue weighted by molar-refractivity contribution is -0.142. The van der Waals surface area contributed by atoms with Crippen molar-refractivity contribution in [3.05, 3.63) is 52.1 Å². The Kier molecular flexibility index (Phi) is 13.6. The number of nitrogens with zero attached hydrogens (tertiary/aromatic N) is 3. The first-order chi connectivity index (χ1) is 22.4. The minimum atomic E-state index is -1.38. The van der Waals surface area contributed by atoms with Gasteiger partial charge >= 0.3 is 11.9 Å². The molecule has 3 aromatic rings. The van der Waals surface area contributed by atoms with Gasteiger partial charge in [-0.3, -0.25) is 24.2 Å². The fourth-order valence-corrected chi connectivity index (χ4v) is 5.05. The van der Waals surface area contributed by atoms with Gasteiger partial charge in [0.1, 0.15) is 17.9 Å². The Morgan fingerprint density at radius 1 is 1.00 bits per heavy atom. The number of hydrogen-bond donors (Lipinski definition) is 8. The minimum Gasteiger partial charge on any atom is -0.480 e. The van der Waals surface area contributed by atoms with Gasteiger partial charge in [-0.05, 0) is 56.3 Å². The van der Waals surface area contributed by atoms with Gasteiger partial charge in [0.2, 0.25) is 11.9 Å². The number of nitrogens with one attached hydrogen (secondary N) is 4. The zero-order valence-corrected chi connectivity index (χ0v) is 26.3. The zero-order valence-electron chi connectivity index (χ0n) is 25.5. The van der Waals surface area contributed by atoms with Crippen LogP contribution < -0.4 is 33.0 Å². The number of anilines is 2. The van der Waals surface area contributed by atoms with E-state index in [4.69, 9.17) is 11.5 Å². The molecule has 17 nitrogen and oxygen atoms in total. The van der Waals surface area contributed by atoms with E-state index in [0.717, 1.165) is 0 Å². The van der Waals surface area contributed by atoms with E-state index < -0.39 is 53.1 Å². The van der Waals surface area contributed by atoms with Gasteiger partial charge < -0.3 is 37.6 Å². The second-order valence-electron chi connectivity index (χ2n) is 10.5. The molecule has 0 saturated carbocycles. The molecule has 2 aromatic heterocycles. The van der Waals surface area contributed by atoms with Crippen molar-refractivity contribution in [3.8, 4) is 0 Å². The number of Topliss-reactive ketones (excluding diaryl/α,β-unsaturated/α-hetero) is 1. The van der Waals surface area contributed by atoms with Crippen molar-refractivity contribution >= 4 is 64.1 Å². The molecule has 252 valence electrons. The molecule has 0 bridgehead atoms. The maximum atomic E-state index is 12.8. The summed E-state index contributed by atoms with van der Waals surface area (Å²) in [6.45, 7) is 0.463. The molecule has 0 aliphatic heterocycles. The monoisotopic (exact) mass is 671 g/mol. The number of fused-ring (bicyclic) bond motifs is 1. The van der Waals surface area contributed by atoms with E-state index >= 15 is 0 Å². The Balaban J connectivity index is 1.54. The number of H-pyrrole nitrogens is 1. The van der Waals surface area contributed by atoms with E-state index in [-0.39, 0.29) is 67.2 Å². The molecule has 47 heavy (non-hydrogen) atoms. The van der Waals surface area contributed by atoms with E-state index in [1.807, 2.05) is 0 Å². The highest BCUT2D eigenvalue weighted by Gasteiger charge is 2.28. The molecule has 18 heteroatoms. The average molecular weight is 672 g/mol. The fourth-order valence-electron chi connectivity index (χ4n) is 4.49. The minimum absolute atomic E-state index is 0.0349. The van der Waals surface area contributed by atoms with E-state index in [1.165, 1.54) is 30.1 Å². The molecule has 0 saturated heterocycles. The van der Waals surface area contributed by atoms with Crippen LogP contribution in [0.1, 0.15) is 48.2 Å². The van der Waals surface area contributed by atoms with E-state index in [0.29, 0.717) is 17.8 Å². The first-order valence-corrected chi connectivity index (χ1v) is 15.9. The summed E-state index contributed by atoms with van der Waals surface area (Å²) in [5.41, 5.74) is 11.9. The number of thioether (sulfide) groups is 1. The zero-order chi connectivity index (χ0) is 34.5. The van der Waals surface area contributed by atoms with Crippen molar-refractivity contribution in [1.29, 1.82) is 0 Å². The number of amides is 2. The topological polar surface area (TPSA) is 285 Å². The molecule has 1 aromatic carbocycles. The highest BCUT2D eigenvalue weighted by Crippen LogP contribution is 2.16. The van der Waals surface area contributed by atoms with Gasteiger partial charge in [-0.1, -0.05) is 0 Å². The number of aliphatic carboxylic acids is 2. The maximum Gasteiger partial charge on any atom is 0.327 e. The number of nitrogens with two attached hydrogens (primary N) is 2. The quantitative estimate of drug-likeness (QED) is 0.0840. The van der Waals surface area contributed by atoms with Gasteiger partial charge in [-0.15, -0.1) is 0 Å². The number of hydrogen-bond acceptors (Lipinski definition) is 13. The van der Waals surface area contributed by atoms with E-state index in [9.17, 15) is 39.0 Å². The number of benzene rings is 1. The molecular formula is C29H37N9O8S. The van der Waals surface area contributed by atoms with Crippen LogP contribution in [-0.4, -0.2) is 90.3 Å². The van der Waals surface area contributed by atoms with Crippen molar-refractivity contribution in [3.63, 3.8) is 0 Å². The van der Waals surface area contributed by atoms with E-state index in [2.05, 4.69) is 35.9 Å². The number of carboxylic acids is 2. The van der Waals surface area contributed by atoms with Crippen molar-refractivity contribution < 1.29 is 34.2 Å². The third-order valence-electron chi connectivity index (χ3n) is 6.97. The number of aromatic nitrogens is 4. The Hall–Kier alpha value is -5.10. The molecule has 10 N–H and O–H groups in total. The number of carbonyl (C=O) groups excluding carboxylic acids is 3. The van der Waals surface area contributed by atoms with Crippen LogP contribution in [0.2, 0.25) is 0 Å². The number of aromatic amines is 1. The van der Waals surface area contributed by atoms with Crippen molar-refractivity contribution in [2.24, 2.45) is 11.7 Å². The summed E-state index contributed by atoms with van der Waals surface area (Å²) >= 11 is 1.25. The molecular weight excluding hydrogens is 634 g/mol. The summed E-state index contributed by atoms with van der Waals surface area (Å²) in [7, 11) is 0.